The Balaban J connectivity index is 2.81. The second-order valence-electron chi connectivity index (χ2n) is 4.35. The maximum absolute atomic E-state index is 11.6. The molecule has 90 valence electrons. The molecule has 2 rings (SSSR count). The summed E-state index contributed by atoms with van der Waals surface area (Å²) in [5.74, 6) is -0.250. The van der Waals surface area contributed by atoms with Gasteiger partial charge in [-0.2, -0.15) is 0 Å². The summed E-state index contributed by atoms with van der Waals surface area (Å²) in [5.41, 5.74) is 5.15. The van der Waals surface area contributed by atoms with Crippen molar-refractivity contribution < 1.29 is 9.53 Å². The van der Waals surface area contributed by atoms with Gasteiger partial charge in [0.1, 0.15) is 4.88 Å². The van der Waals surface area contributed by atoms with Crippen molar-refractivity contribution in [3.8, 4) is 0 Å². The molecular weight excluding hydrogens is 232 g/mol. The third-order valence-electron chi connectivity index (χ3n) is 3.55. The van der Waals surface area contributed by atoms with Crippen LogP contribution in [0.2, 0.25) is 0 Å². The molecule has 0 amide bonds. The number of aryl methyl sites for hydroxylation is 2. The lowest BCUT2D eigenvalue weighted by molar-refractivity contribution is 0.0606. The van der Waals surface area contributed by atoms with Crippen LogP contribution in [0.15, 0.2) is 6.07 Å². The third-order valence-corrected chi connectivity index (χ3v) is 4.79. The number of fused-ring (bicyclic) bond motifs is 1. The highest BCUT2D eigenvalue weighted by atomic mass is 32.1. The Morgan fingerprint density at radius 1 is 1.06 bits per heavy atom. The molecule has 2 aromatic rings. The number of thiophene rings is 1. The van der Waals surface area contributed by atoms with Gasteiger partial charge in [0.05, 0.1) is 7.11 Å². The summed E-state index contributed by atoms with van der Waals surface area (Å²) in [6, 6.07) is 1.95. The molecule has 0 aliphatic heterocycles. The van der Waals surface area contributed by atoms with Gasteiger partial charge in [0.2, 0.25) is 0 Å². The summed E-state index contributed by atoms with van der Waals surface area (Å²) in [6.45, 7) is 8.49. The van der Waals surface area contributed by atoms with Crippen LogP contribution < -0.4 is 0 Å². The highest BCUT2D eigenvalue weighted by Gasteiger charge is 2.16. The van der Waals surface area contributed by atoms with E-state index >= 15 is 0 Å². The van der Waals surface area contributed by atoms with Crippen molar-refractivity contribution in [3.63, 3.8) is 0 Å². The van der Waals surface area contributed by atoms with Crippen molar-refractivity contribution in [1.29, 1.82) is 0 Å². The van der Waals surface area contributed by atoms with Crippen molar-refractivity contribution in [2.45, 2.75) is 27.7 Å². The fraction of sp³-hybridized carbons (Fsp3) is 0.357. The number of hydrogen-bond acceptors (Lipinski definition) is 3. The molecule has 1 heterocycles. The fourth-order valence-corrected chi connectivity index (χ4v) is 3.28. The van der Waals surface area contributed by atoms with Gasteiger partial charge in [-0.3, -0.25) is 0 Å². The molecule has 17 heavy (non-hydrogen) atoms. The lowest BCUT2D eigenvalue weighted by Gasteiger charge is -2.10. The molecule has 0 saturated carbocycles. The van der Waals surface area contributed by atoms with Gasteiger partial charge in [-0.1, -0.05) is 0 Å². The first-order chi connectivity index (χ1) is 7.97. The summed E-state index contributed by atoms with van der Waals surface area (Å²) in [4.78, 5) is 12.2. The van der Waals surface area contributed by atoms with E-state index in [2.05, 4.69) is 27.7 Å². The van der Waals surface area contributed by atoms with Crippen molar-refractivity contribution in [2.75, 3.05) is 7.11 Å². The lowest BCUT2D eigenvalue weighted by Crippen LogP contribution is -1.96. The smallest absolute Gasteiger partial charge is 0.348 e. The standard InChI is InChI=1S/C14H16O2S/c1-7-8(2)10(4)13-11(9(7)3)6-12(17-13)14(15)16-5/h6H,1-5H3. The molecule has 0 saturated heterocycles. The Morgan fingerprint density at radius 2 is 1.65 bits per heavy atom. The number of benzene rings is 1. The molecule has 3 heteroatoms. The Kier molecular flexibility index (Phi) is 2.96. The van der Waals surface area contributed by atoms with Gasteiger partial charge in [0, 0.05) is 4.70 Å². The zero-order chi connectivity index (χ0) is 12.7. The van der Waals surface area contributed by atoms with Crippen LogP contribution in [0.3, 0.4) is 0 Å². The van der Waals surface area contributed by atoms with E-state index in [1.54, 1.807) is 0 Å². The second-order valence-corrected chi connectivity index (χ2v) is 5.40. The predicted molar refractivity (Wildman–Crippen MR) is 72.1 cm³/mol. The molecular formula is C14H16O2S. The Bertz CT molecular complexity index is 563. The van der Waals surface area contributed by atoms with Crippen molar-refractivity contribution >= 4 is 27.4 Å². The van der Waals surface area contributed by atoms with Crippen LogP contribution in [0.1, 0.15) is 31.9 Å². The van der Waals surface area contributed by atoms with E-state index in [1.807, 2.05) is 6.07 Å². The quantitative estimate of drug-likeness (QED) is 0.715. The van der Waals surface area contributed by atoms with Gasteiger partial charge in [0.25, 0.3) is 0 Å². The van der Waals surface area contributed by atoms with Crippen molar-refractivity contribution in [2.24, 2.45) is 0 Å². The maximum atomic E-state index is 11.6. The molecule has 0 N–H and O–H groups in total. The first-order valence-corrected chi connectivity index (χ1v) is 6.37. The van der Waals surface area contributed by atoms with Crippen molar-refractivity contribution in [3.05, 3.63) is 33.2 Å². The number of hydrogen-bond donors (Lipinski definition) is 0. The molecule has 0 fully saturated rings. The maximum Gasteiger partial charge on any atom is 0.348 e. The van der Waals surface area contributed by atoms with E-state index in [-0.39, 0.29) is 5.97 Å². The minimum Gasteiger partial charge on any atom is -0.465 e. The van der Waals surface area contributed by atoms with Crippen LogP contribution in [0.5, 0.6) is 0 Å². The van der Waals surface area contributed by atoms with E-state index in [9.17, 15) is 4.79 Å². The van der Waals surface area contributed by atoms with E-state index in [1.165, 1.54) is 50.8 Å². The third kappa shape index (κ3) is 1.75. The summed E-state index contributed by atoms with van der Waals surface area (Å²) in [7, 11) is 1.42. The number of carbonyl (C=O) groups is 1. The van der Waals surface area contributed by atoms with Crippen LogP contribution >= 0.6 is 11.3 Å². The second kappa shape index (κ2) is 4.15. The number of methoxy groups -OCH3 is 1. The molecule has 2 nitrogen and oxygen atoms in total. The average Bonchev–Trinajstić information content (AvgIpc) is 2.77. The van der Waals surface area contributed by atoms with Gasteiger partial charge in [0.15, 0.2) is 0 Å². The summed E-state index contributed by atoms with van der Waals surface area (Å²) in [6.07, 6.45) is 0. The number of ether oxygens (including phenoxy) is 1. The first kappa shape index (κ1) is 12.1. The molecule has 0 unspecified atom stereocenters. The van der Waals surface area contributed by atoms with E-state index < -0.39 is 0 Å². The number of rotatable bonds is 1. The van der Waals surface area contributed by atoms with Crippen LogP contribution in [-0.4, -0.2) is 13.1 Å². The monoisotopic (exact) mass is 248 g/mol. The fourth-order valence-electron chi connectivity index (χ4n) is 2.08. The van der Waals surface area contributed by atoms with Gasteiger partial charge < -0.3 is 4.74 Å². The molecule has 1 aromatic heterocycles. The first-order valence-electron chi connectivity index (χ1n) is 5.55. The highest BCUT2D eigenvalue weighted by molar-refractivity contribution is 7.21. The number of carbonyl (C=O) groups excluding carboxylic acids is 1. The predicted octanol–water partition coefficient (Wildman–Crippen LogP) is 3.92. The summed E-state index contributed by atoms with van der Waals surface area (Å²) >= 11 is 1.52. The summed E-state index contributed by atoms with van der Waals surface area (Å²) < 4.78 is 5.98. The largest absolute Gasteiger partial charge is 0.465 e. The Hall–Kier alpha value is -1.35. The average molecular weight is 248 g/mol. The topological polar surface area (TPSA) is 26.3 Å². The van der Waals surface area contributed by atoms with E-state index in [0.29, 0.717) is 4.88 Å². The van der Waals surface area contributed by atoms with Gasteiger partial charge in [-0.25, -0.2) is 4.79 Å². The molecule has 0 atom stereocenters. The Morgan fingerprint density at radius 3 is 2.24 bits per heavy atom. The molecule has 0 bridgehead atoms. The number of esters is 1. The van der Waals surface area contributed by atoms with Gasteiger partial charge >= 0.3 is 5.97 Å². The molecule has 0 spiro atoms. The zero-order valence-corrected chi connectivity index (χ0v) is 11.6. The van der Waals surface area contributed by atoms with Crippen LogP contribution in [0.25, 0.3) is 10.1 Å². The molecule has 0 radical (unpaired) electrons. The minimum absolute atomic E-state index is 0.250. The molecule has 1 aromatic carbocycles. The Labute approximate surface area is 105 Å². The van der Waals surface area contributed by atoms with Crippen LogP contribution in [-0.2, 0) is 4.74 Å². The van der Waals surface area contributed by atoms with Crippen LogP contribution in [0.4, 0.5) is 0 Å². The van der Waals surface area contributed by atoms with Crippen LogP contribution in [0, 0.1) is 27.7 Å². The van der Waals surface area contributed by atoms with Gasteiger partial charge in [-0.15, -0.1) is 11.3 Å². The van der Waals surface area contributed by atoms with E-state index in [0.717, 1.165) is 0 Å². The van der Waals surface area contributed by atoms with Gasteiger partial charge in [-0.05, 0) is 61.4 Å². The normalized spacial score (nSPS) is 10.9. The zero-order valence-electron chi connectivity index (χ0n) is 10.8. The van der Waals surface area contributed by atoms with Crippen molar-refractivity contribution in [1.82, 2.24) is 0 Å². The molecule has 0 aliphatic carbocycles. The SMILES string of the molecule is COC(=O)c1cc2c(C)c(C)c(C)c(C)c2s1. The summed E-state index contributed by atoms with van der Waals surface area (Å²) in [5, 5.41) is 1.18. The molecule has 0 aliphatic rings. The minimum atomic E-state index is -0.250. The highest BCUT2D eigenvalue weighted by Crippen LogP contribution is 2.35. The lowest BCUT2D eigenvalue weighted by atomic mass is 9.96. The van der Waals surface area contributed by atoms with E-state index in [4.69, 9.17) is 4.74 Å².